The molecule has 0 saturated heterocycles. The van der Waals surface area contributed by atoms with Gasteiger partial charge >= 0.3 is 5.97 Å². The minimum absolute atomic E-state index is 0.0128. The molecule has 1 aromatic carbocycles. The van der Waals surface area contributed by atoms with E-state index in [1.807, 2.05) is 0 Å². The highest BCUT2D eigenvalue weighted by Gasteiger charge is 2.11. The molecule has 2 N–H and O–H groups in total. The zero-order chi connectivity index (χ0) is 12.7. The van der Waals surface area contributed by atoms with Crippen LogP contribution in [0, 0.1) is 0 Å². The normalized spacial score (nSPS) is 12.1. The molecule has 17 heavy (non-hydrogen) atoms. The van der Waals surface area contributed by atoms with Gasteiger partial charge in [0.25, 0.3) is 0 Å². The van der Waals surface area contributed by atoms with Crippen LogP contribution >= 0.6 is 11.8 Å². The van der Waals surface area contributed by atoms with Crippen LogP contribution in [0.1, 0.15) is 13.3 Å². The third-order valence-electron chi connectivity index (χ3n) is 1.99. The Balaban J connectivity index is 2.30. The molecule has 1 atom stereocenters. The fourth-order valence-electron chi connectivity index (χ4n) is 1.21. The third-order valence-corrected chi connectivity index (χ3v) is 3.14. The zero-order valence-electron chi connectivity index (χ0n) is 9.63. The monoisotopic (exact) mass is 256 g/mol. The Hall–Kier alpha value is -1.20. The molecule has 0 bridgehead atoms. The van der Waals surface area contributed by atoms with Gasteiger partial charge in [-0.2, -0.15) is 0 Å². The summed E-state index contributed by atoms with van der Waals surface area (Å²) in [4.78, 5) is 12.0. The second-order valence-corrected chi connectivity index (χ2v) is 4.56. The number of hydrogen-bond donors (Lipinski definition) is 2. The molecule has 0 fully saturated rings. The van der Waals surface area contributed by atoms with Gasteiger partial charge in [0.2, 0.25) is 0 Å². The Bertz CT molecular complexity index is 350. The highest BCUT2D eigenvalue weighted by Crippen LogP contribution is 2.21. The van der Waals surface area contributed by atoms with Crippen LogP contribution in [0.15, 0.2) is 29.2 Å². The number of benzene rings is 1. The van der Waals surface area contributed by atoms with E-state index < -0.39 is 6.10 Å². The molecule has 94 valence electrons. The molecular weight excluding hydrogens is 240 g/mol. The van der Waals surface area contributed by atoms with E-state index in [9.17, 15) is 9.90 Å². The number of aliphatic hydroxyl groups is 1. The first-order chi connectivity index (χ1) is 8.11. The SMILES string of the molecule is CCOC(=O)CC(O)CSc1ccc(O)cc1. The fraction of sp³-hybridized carbons (Fsp3) is 0.417. The lowest BCUT2D eigenvalue weighted by Gasteiger charge is -2.09. The van der Waals surface area contributed by atoms with Gasteiger partial charge in [0.05, 0.1) is 19.1 Å². The maximum absolute atomic E-state index is 11.1. The van der Waals surface area contributed by atoms with Crippen molar-refractivity contribution in [1.29, 1.82) is 0 Å². The van der Waals surface area contributed by atoms with Crippen molar-refractivity contribution in [3.05, 3.63) is 24.3 Å². The molecule has 0 spiro atoms. The van der Waals surface area contributed by atoms with Crippen molar-refractivity contribution >= 4 is 17.7 Å². The first kappa shape index (κ1) is 13.9. The van der Waals surface area contributed by atoms with Crippen molar-refractivity contribution in [1.82, 2.24) is 0 Å². The number of carbonyl (C=O) groups is 1. The van der Waals surface area contributed by atoms with Gasteiger partial charge in [-0.25, -0.2) is 0 Å². The molecule has 0 aromatic heterocycles. The summed E-state index contributed by atoms with van der Waals surface area (Å²) in [5.74, 6) is 0.247. The number of rotatable bonds is 6. The topological polar surface area (TPSA) is 66.8 Å². The van der Waals surface area contributed by atoms with Crippen LogP contribution in [0.5, 0.6) is 5.75 Å². The number of thioether (sulfide) groups is 1. The van der Waals surface area contributed by atoms with Gasteiger partial charge in [0.15, 0.2) is 0 Å². The summed E-state index contributed by atoms with van der Waals surface area (Å²) in [5.41, 5.74) is 0. The second-order valence-electron chi connectivity index (χ2n) is 3.47. The van der Waals surface area contributed by atoms with Crippen molar-refractivity contribution in [2.45, 2.75) is 24.3 Å². The van der Waals surface area contributed by atoms with Gasteiger partial charge in [0, 0.05) is 10.6 Å². The number of aromatic hydroxyl groups is 1. The molecule has 0 aliphatic carbocycles. The molecule has 1 unspecified atom stereocenters. The smallest absolute Gasteiger partial charge is 0.308 e. The maximum Gasteiger partial charge on any atom is 0.308 e. The van der Waals surface area contributed by atoms with E-state index in [-0.39, 0.29) is 18.1 Å². The zero-order valence-corrected chi connectivity index (χ0v) is 10.4. The van der Waals surface area contributed by atoms with Gasteiger partial charge in [-0.1, -0.05) is 0 Å². The average Bonchev–Trinajstić information content (AvgIpc) is 2.28. The number of phenolic OH excluding ortho intramolecular Hbond substituents is 1. The molecule has 0 heterocycles. The summed E-state index contributed by atoms with van der Waals surface area (Å²) in [7, 11) is 0. The van der Waals surface area contributed by atoms with Crippen LogP contribution in [-0.4, -0.2) is 34.6 Å². The third kappa shape index (κ3) is 5.60. The lowest BCUT2D eigenvalue weighted by molar-refractivity contribution is -0.144. The first-order valence-electron chi connectivity index (χ1n) is 5.37. The maximum atomic E-state index is 11.1. The van der Waals surface area contributed by atoms with Crippen molar-refractivity contribution < 1.29 is 19.7 Å². The summed E-state index contributed by atoms with van der Waals surface area (Å²) in [6.07, 6.45) is -0.702. The molecule has 0 aliphatic rings. The Morgan fingerprint density at radius 3 is 2.65 bits per heavy atom. The van der Waals surface area contributed by atoms with E-state index in [1.165, 1.54) is 11.8 Å². The Labute approximate surface area is 105 Å². The van der Waals surface area contributed by atoms with Crippen LogP contribution in [0.2, 0.25) is 0 Å². The largest absolute Gasteiger partial charge is 0.508 e. The Morgan fingerprint density at radius 2 is 2.06 bits per heavy atom. The number of esters is 1. The van der Waals surface area contributed by atoms with E-state index in [2.05, 4.69) is 0 Å². The number of aliphatic hydroxyl groups excluding tert-OH is 1. The lowest BCUT2D eigenvalue weighted by atomic mass is 10.3. The van der Waals surface area contributed by atoms with E-state index in [4.69, 9.17) is 9.84 Å². The van der Waals surface area contributed by atoms with Gasteiger partial charge in [-0.15, -0.1) is 11.8 Å². The number of carbonyl (C=O) groups excluding carboxylic acids is 1. The van der Waals surface area contributed by atoms with Crippen molar-refractivity contribution in [3.63, 3.8) is 0 Å². The van der Waals surface area contributed by atoms with Crippen LogP contribution in [0.25, 0.3) is 0 Å². The van der Waals surface area contributed by atoms with Crippen molar-refractivity contribution in [2.24, 2.45) is 0 Å². The fourth-order valence-corrected chi connectivity index (χ4v) is 2.04. The number of hydrogen-bond acceptors (Lipinski definition) is 5. The molecule has 0 saturated carbocycles. The average molecular weight is 256 g/mol. The van der Waals surface area contributed by atoms with E-state index in [1.54, 1.807) is 31.2 Å². The van der Waals surface area contributed by atoms with Crippen molar-refractivity contribution in [3.8, 4) is 5.75 Å². The van der Waals surface area contributed by atoms with E-state index in [0.29, 0.717) is 12.4 Å². The molecule has 0 amide bonds. The van der Waals surface area contributed by atoms with E-state index >= 15 is 0 Å². The Morgan fingerprint density at radius 1 is 1.41 bits per heavy atom. The molecule has 1 aromatic rings. The molecule has 0 radical (unpaired) electrons. The van der Waals surface area contributed by atoms with Crippen LogP contribution in [0.4, 0.5) is 0 Å². The molecule has 1 rings (SSSR count). The quantitative estimate of drug-likeness (QED) is 0.600. The first-order valence-corrected chi connectivity index (χ1v) is 6.36. The van der Waals surface area contributed by atoms with Gasteiger partial charge in [0.1, 0.15) is 5.75 Å². The Kier molecular flexibility index (Phi) is 5.86. The molecule has 5 heteroatoms. The molecule has 4 nitrogen and oxygen atoms in total. The predicted octanol–water partition coefficient (Wildman–Crippen LogP) is 1.80. The summed E-state index contributed by atoms with van der Waals surface area (Å²) in [6.45, 7) is 2.06. The lowest BCUT2D eigenvalue weighted by Crippen LogP contribution is -2.17. The summed E-state index contributed by atoms with van der Waals surface area (Å²) in [5, 5.41) is 18.7. The second kappa shape index (κ2) is 7.19. The summed E-state index contributed by atoms with van der Waals surface area (Å²) < 4.78 is 4.74. The van der Waals surface area contributed by atoms with Crippen LogP contribution < -0.4 is 0 Å². The van der Waals surface area contributed by atoms with Crippen LogP contribution in [0.3, 0.4) is 0 Å². The highest BCUT2D eigenvalue weighted by atomic mass is 32.2. The minimum Gasteiger partial charge on any atom is -0.508 e. The van der Waals surface area contributed by atoms with Crippen LogP contribution in [-0.2, 0) is 9.53 Å². The molecule has 0 aliphatic heterocycles. The highest BCUT2D eigenvalue weighted by molar-refractivity contribution is 7.99. The van der Waals surface area contributed by atoms with Crippen molar-refractivity contribution in [2.75, 3.05) is 12.4 Å². The standard InChI is InChI=1S/C12H16O4S/c1-2-16-12(15)7-10(14)8-17-11-5-3-9(13)4-6-11/h3-6,10,13-14H,2,7-8H2,1H3. The number of ether oxygens (including phenoxy) is 1. The van der Waals surface area contributed by atoms with Gasteiger partial charge in [-0.3, -0.25) is 4.79 Å². The van der Waals surface area contributed by atoms with Gasteiger partial charge < -0.3 is 14.9 Å². The number of phenols is 1. The minimum atomic E-state index is -0.715. The molecular formula is C12H16O4S. The van der Waals surface area contributed by atoms with Gasteiger partial charge in [-0.05, 0) is 31.2 Å². The predicted molar refractivity (Wildman–Crippen MR) is 66.1 cm³/mol. The van der Waals surface area contributed by atoms with E-state index in [0.717, 1.165) is 4.90 Å². The summed E-state index contributed by atoms with van der Waals surface area (Å²) >= 11 is 1.43. The summed E-state index contributed by atoms with van der Waals surface area (Å²) in [6, 6.07) is 6.69.